The average Bonchev–Trinajstić information content (AvgIpc) is 2.93. The van der Waals surface area contributed by atoms with Gasteiger partial charge in [-0.05, 0) is 66.8 Å². The van der Waals surface area contributed by atoms with Crippen molar-refractivity contribution in [3.8, 4) is 0 Å². The molecule has 3 rings (SSSR count). The molecule has 0 radical (unpaired) electrons. The first kappa shape index (κ1) is 21.1. The number of likely N-dealkylation sites (tertiary alicyclic amines) is 1. The van der Waals surface area contributed by atoms with Crippen molar-refractivity contribution in [3.05, 3.63) is 34.4 Å². The van der Waals surface area contributed by atoms with E-state index in [2.05, 4.69) is 98.0 Å². The molecule has 1 aliphatic rings. The first-order valence-electron chi connectivity index (χ1n) is 10.7. The normalized spacial score (nSPS) is 19.7. The van der Waals surface area contributed by atoms with Gasteiger partial charge in [-0.2, -0.15) is 0 Å². The molecule has 0 saturated carbocycles. The number of rotatable bonds is 5. The van der Waals surface area contributed by atoms with Gasteiger partial charge in [0.05, 0.1) is 0 Å². The van der Waals surface area contributed by atoms with Crippen LogP contribution in [0.2, 0.25) is 16.6 Å². The Morgan fingerprint density at radius 1 is 1.00 bits per heavy atom. The van der Waals surface area contributed by atoms with Crippen LogP contribution in [-0.2, 0) is 0 Å². The molecule has 1 aromatic heterocycles. The molecule has 2 nitrogen and oxygen atoms in total. The van der Waals surface area contributed by atoms with Gasteiger partial charge in [0, 0.05) is 27.6 Å². The average molecular weight is 450 g/mol. The van der Waals surface area contributed by atoms with Crippen LogP contribution in [0.5, 0.6) is 0 Å². The van der Waals surface area contributed by atoms with Gasteiger partial charge in [0.25, 0.3) is 0 Å². The van der Waals surface area contributed by atoms with Crippen molar-refractivity contribution in [1.82, 2.24) is 9.13 Å². The van der Waals surface area contributed by atoms with E-state index in [4.69, 9.17) is 0 Å². The number of benzene rings is 1. The van der Waals surface area contributed by atoms with Gasteiger partial charge in [-0.15, -0.1) is 0 Å². The molecular formula is C23H37BrN2Si. The van der Waals surface area contributed by atoms with Crippen LogP contribution in [0.1, 0.15) is 72.4 Å². The summed E-state index contributed by atoms with van der Waals surface area (Å²) in [5.74, 6) is 0. The van der Waals surface area contributed by atoms with Crippen LogP contribution in [0, 0.1) is 0 Å². The van der Waals surface area contributed by atoms with E-state index in [1.165, 1.54) is 41.2 Å². The zero-order valence-electron chi connectivity index (χ0n) is 18.2. The second kappa shape index (κ2) is 8.04. The monoisotopic (exact) mass is 448 g/mol. The number of halogens is 1. The lowest BCUT2D eigenvalue weighted by Crippen LogP contribution is -2.51. The van der Waals surface area contributed by atoms with Crippen LogP contribution in [-0.4, -0.2) is 31.0 Å². The van der Waals surface area contributed by atoms with Crippen LogP contribution in [0.15, 0.2) is 28.9 Å². The molecular weight excluding hydrogens is 412 g/mol. The van der Waals surface area contributed by atoms with Crippen molar-refractivity contribution in [1.29, 1.82) is 0 Å². The van der Waals surface area contributed by atoms with Crippen molar-refractivity contribution in [2.75, 3.05) is 13.6 Å². The predicted molar refractivity (Wildman–Crippen MR) is 125 cm³/mol. The van der Waals surface area contributed by atoms with Gasteiger partial charge < -0.3 is 4.23 Å². The minimum absolute atomic E-state index is 0.551. The fraction of sp³-hybridized carbons (Fsp3) is 0.652. The van der Waals surface area contributed by atoms with E-state index in [1.54, 1.807) is 5.56 Å². The van der Waals surface area contributed by atoms with E-state index in [1.807, 2.05) is 0 Å². The second-order valence-corrected chi connectivity index (χ2v) is 16.1. The first-order chi connectivity index (χ1) is 12.7. The molecule has 1 atom stereocenters. The molecule has 0 spiro atoms. The van der Waals surface area contributed by atoms with Crippen LogP contribution in [0.25, 0.3) is 10.9 Å². The molecule has 0 amide bonds. The van der Waals surface area contributed by atoms with Crippen LogP contribution >= 0.6 is 15.9 Å². The summed E-state index contributed by atoms with van der Waals surface area (Å²) in [6, 6.07) is 7.51. The van der Waals surface area contributed by atoms with Gasteiger partial charge in [-0.25, -0.2) is 0 Å². The lowest BCUT2D eigenvalue weighted by atomic mass is 9.95. The number of hydrogen-bond acceptors (Lipinski definition) is 1. The maximum Gasteiger partial charge on any atom is 0.169 e. The topological polar surface area (TPSA) is 8.17 Å². The highest BCUT2D eigenvalue weighted by Crippen LogP contribution is 2.46. The molecule has 1 unspecified atom stereocenters. The van der Waals surface area contributed by atoms with E-state index >= 15 is 0 Å². The van der Waals surface area contributed by atoms with Crippen molar-refractivity contribution in [2.24, 2.45) is 0 Å². The van der Waals surface area contributed by atoms with Crippen LogP contribution < -0.4 is 0 Å². The smallest absolute Gasteiger partial charge is 0.169 e. The number of aromatic nitrogens is 1. The Kier molecular flexibility index (Phi) is 6.29. The summed E-state index contributed by atoms with van der Waals surface area (Å²) in [5, 5.41) is 1.46. The van der Waals surface area contributed by atoms with Gasteiger partial charge in [-0.3, -0.25) is 4.90 Å². The number of fused-ring (bicyclic) bond motifs is 1. The molecule has 2 heterocycles. The number of nitrogens with zero attached hydrogens (tertiary/aromatic N) is 2. The Bertz CT molecular complexity index is 771. The van der Waals surface area contributed by atoms with Crippen molar-refractivity contribution >= 4 is 35.1 Å². The molecule has 0 aliphatic carbocycles. The largest absolute Gasteiger partial charge is 0.373 e. The summed E-state index contributed by atoms with van der Waals surface area (Å²) in [4.78, 5) is 2.58. The maximum absolute atomic E-state index is 3.74. The summed E-state index contributed by atoms with van der Waals surface area (Å²) in [7, 11) is 0.541. The van der Waals surface area contributed by atoms with E-state index in [9.17, 15) is 0 Å². The maximum atomic E-state index is 3.74. The Morgan fingerprint density at radius 2 is 1.63 bits per heavy atom. The number of hydrogen-bond donors (Lipinski definition) is 0. The quantitative estimate of drug-likeness (QED) is 0.427. The lowest BCUT2D eigenvalue weighted by Gasteiger charge is -2.44. The summed E-state index contributed by atoms with van der Waals surface area (Å²) >= 11 is 3.74. The molecule has 1 aliphatic heterocycles. The van der Waals surface area contributed by atoms with Crippen molar-refractivity contribution in [3.63, 3.8) is 0 Å². The highest BCUT2D eigenvalue weighted by molar-refractivity contribution is 9.10. The van der Waals surface area contributed by atoms with Gasteiger partial charge >= 0.3 is 0 Å². The predicted octanol–water partition coefficient (Wildman–Crippen LogP) is 7.58. The van der Waals surface area contributed by atoms with E-state index in [-0.39, 0.29) is 0 Å². The summed E-state index contributed by atoms with van der Waals surface area (Å²) in [6.45, 7) is 16.0. The fourth-order valence-corrected chi connectivity index (χ4v) is 13.1. The molecule has 1 aromatic carbocycles. The minimum Gasteiger partial charge on any atom is -0.373 e. The Morgan fingerprint density at radius 3 is 2.19 bits per heavy atom. The third kappa shape index (κ3) is 3.47. The minimum atomic E-state index is -1.77. The standard InChI is InChI=1S/C23H37BrN2Si/c1-16(2)27(17(3)4,18(5)6)26-15-21(22-10-8-9-13-25(22)7)20-14-19(24)11-12-23(20)26/h11-12,14-18,22H,8-10,13H2,1-7H3. The first-order valence-corrected chi connectivity index (χ1v) is 13.7. The molecule has 2 aromatic rings. The third-order valence-electron chi connectivity index (χ3n) is 7.12. The van der Waals surface area contributed by atoms with Gasteiger partial charge in [-0.1, -0.05) is 63.9 Å². The second-order valence-electron chi connectivity index (χ2n) is 9.46. The Balaban J connectivity index is 2.30. The Labute approximate surface area is 175 Å². The highest BCUT2D eigenvalue weighted by Gasteiger charge is 2.46. The fourth-order valence-electron chi connectivity index (χ4n) is 6.12. The van der Waals surface area contributed by atoms with Gasteiger partial charge in [0.15, 0.2) is 8.24 Å². The van der Waals surface area contributed by atoms with Gasteiger partial charge in [0.1, 0.15) is 0 Å². The molecule has 1 fully saturated rings. The van der Waals surface area contributed by atoms with Crippen molar-refractivity contribution in [2.45, 2.75) is 83.5 Å². The van der Waals surface area contributed by atoms with E-state index in [0.29, 0.717) is 22.7 Å². The molecule has 4 heteroatoms. The zero-order valence-corrected chi connectivity index (χ0v) is 20.8. The molecule has 150 valence electrons. The van der Waals surface area contributed by atoms with Crippen molar-refractivity contribution < 1.29 is 0 Å². The summed E-state index contributed by atoms with van der Waals surface area (Å²) in [6.07, 6.45) is 6.53. The highest BCUT2D eigenvalue weighted by atomic mass is 79.9. The molecule has 27 heavy (non-hydrogen) atoms. The van der Waals surface area contributed by atoms with E-state index in [0.717, 1.165) is 0 Å². The Hall–Kier alpha value is -0.583. The molecule has 0 N–H and O–H groups in total. The van der Waals surface area contributed by atoms with E-state index < -0.39 is 8.24 Å². The lowest BCUT2D eigenvalue weighted by molar-refractivity contribution is 0.188. The zero-order chi connectivity index (χ0) is 19.9. The van der Waals surface area contributed by atoms with Crippen LogP contribution in [0.3, 0.4) is 0 Å². The number of piperidine rings is 1. The van der Waals surface area contributed by atoms with Gasteiger partial charge in [0.2, 0.25) is 0 Å². The SMILES string of the molecule is CC(C)[Si](C(C)C)(C(C)C)n1cc(C2CCCCN2C)c2cc(Br)ccc21. The molecule has 0 bridgehead atoms. The van der Waals surface area contributed by atoms with Crippen LogP contribution in [0.4, 0.5) is 0 Å². The summed E-state index contributed by atoms with van der Waals surface area (Å²) in [5.41, 5.74) is 5.11. The molecule has 1 saturated heterocycles. The third-order valence-corrected chi connectivity index (χ3v) is 14.4. The summed E-state index contributed by atoms with van der Waals surface area (Å²) < 4.78 is 3.99.